The smallest absolute Gasteiger partial charge is 0.228 e. The second-order valence-electron chi connectivity index (χ2n) is 7.80. The quantitative estimate of drug-likeness (QED) is 0.864. The molecule has 2 fully saturated rings. The number of carbonyl (C=O) groups is 2. The SMILES string of the molecule is CC(=O)N(Cc1ccc(NC(=O)C2CC23CCNCC3)cc1)C(C)C. The normalized spacial score (nSPS) is 21.2. The number of rotatable bonds is 5. The highest BCUT2D eigenvalue weighted by molar-refractivity contribution is 5.95. The fourth-order valence-electron chi connectivity index (χ4n) is 3.97. The molecule has 1 heterocycles. The van der Waals surface area contributed by atoms with Gasteiger partial charge in [0.1, 0.15) is 0 Å². The van der Waals surface area contributed by atoms with Crippen molar-refractivity contribution in [1.29, 1.82) is 0 Å². The molecule has 2 aliphatic rings. The number of nitrogens with zero attached hydrogens (tertiary/aromatic N) is 1. The van der Waals surface area contributed by atoms with Crippen LogP contribution in [-0.2, 0) is 16.1 Å². The molecule has 2 amide bonds. The summed E-state index contributed by atoms with van der Waals surface area (Å²) in [6, 6.07) is 8.02. The van der Waals surface area contributed by atoms with Gasteiger partial charge < -0.3 is 15.5 Å². The Bertz CT molecular complexity index is 633. The van der Waals surface area contributed by atoms with Crippen molar-refractivity contribution in [3.63, 3.8) is 0 Å². The van der Waals surface area contributed by atoms with Gasteiger partial charge in [0.2, 0.25) is 11.8 Å². The summed E-state index contributed by atoms with van der Waals surface area (Å²) in [5.74, 6) is 0.402. The van der Waals surface area contributed by atoms with Crippen molar-refractivity contribution in [3.8, 4) is 0 Å². The van der Waals surface area contributed by atoms with E-state index in [4.69, 9.17) is 0 Å². The molecule has 1 saturated heterocycles. The summed E-state index contributed by atoms with van der Waals surface area (Å²) in [4.78, 5) is 26.0. The van der Waals surface area contributed by atoms with Gasteiger partial charge in [-0.3, -0.25) is 9.59 Å². The van der Waals surface area contributed by atoms with Crippen LogP contribution in [0.1, 0.15) is 45.6 Å². The molecule has 25 heavy (non-hydrogen) atoms. The van der Waals surface area contributed by atoms with Crippen molar-refractivity contribution in [1.82, 2.24) is 10.2 Å². The minimum Gasteiger partial charge on any atom is -0.336 e. The van der Waals surface area contributed by atoms with Crippen LogP contribution in [0.3, 0.4) is 0 Å². The van der Waals surface area contributed by atoms with Crippen LogP contribution in [0.25, 0.3) is 0 Å². The molecule has 1 aliphatic carbocycles. The third-order valence-electron chi connectivity index (χ3n) is 5.71. The van der Waals surface area contributed by atoms with Crippen LogP contribution in [-0.4, -0.2) is 35.8 Å². The second kappa shape index (κ2) is 7.16. The maximum atomic E-state index is 12.5. The van der Waals surface area contributed by atoms with Crippen molar-refractivity contribution in [2.24, 2.45) is 11.3 Å². The molecule has 1 aliphatic heterocycles. The Balaban J connectivity index is 1.56. The predicted octanol–water partition coefficient (Wildman–Crippen LogP) is 2.77. The molecule has 3 rings (SSSR count). The molecular formula is C20H29N3O2. The lowest BCUT2D eigenvalue weighted by molar-refractivity contribution is -0.131. The van der Waals surface area contributed by atoms with Crippen molar-refractivity contribution in [2.75, 3.05) is 18.4 Å². The Morgan fingerprint density at radius 2 is 1.88 bits per heavy atom. The topological polar surface area (TPSA) is 61.4 Å². The minimum atomic E-state index is 0.0772. The molecular weight excluding hydrogens is 314 g/mol. The molecule has 136 valence electrons. The van der Waals surface area contributed by atoms with Crippen LogP contribution in [0.15, 0.2) is 24.3 Å². The number of piperidine rings is 1. The van der Waals surface area contributed by atoms with Crippen LogP contribution in [0, 0.1) is 11.3 Å². The van der Waals surface area contributed by atoms with Gasteiger partial charge in [0.05, 0.1) is 0 Å². The lowest BCUT2D eigenvalue weighted by atomic mass is 9.92. The molecule has 1 saturated carbocycles. The number of benzene rings is 1. The monoisotopic (exact) mass is 343 g/mol. The number of hydrogen-bond acceptors (Lipinski definition) is 3. The van der Waals surface area contributed by atoms with E-state index in [2.05, 4.69) is 10.6 Å². The van der Waals surface area contributed by atoms with E-state index in [0.29, 0.717) is 6.54 Å². The maximum Gasteiger partial charge on any atom is 0.228 e. The molecule has 5 nitrogen and oxygen atoms in total. The van der Waals surface area contributed by atoms with Crippen molar-refractivity contribution in [2.45, 2.75) is 52.6 Å². The summed E-state index contributed by atoms with van der Waals surface area (Å²) in [5, 5.41) is 6.43. The maximum absolute atomic E-state index is 12.5. The Labute approximate surface area is 150 Å². The molecule has 1 atom stereocenters. The van der Waals surface area contributed by atoms with Gasteiger partial charge in [0.15, 0.2) is 0 Å². The summed E-state index contributed by atoms with van der Waals surface area (Å²) in [7, 11) is 0. The summed E-state index contributed by atoms with van der Waals surface area (Å²) in [5.41, 5.74) is 2.17. The third-order valence-corrected chi connectivity index (χ3v) is 5.71. The van der Waals surface area contributed by atoms with Crippen LogP contribution < -0.4 is 10.6 Å². The molecule has 2 N–H and O–H groups in total. The van der Waals surface area contributed by atoms with E-state index < -0.39 is 0 Å². The van der Waals surface area contributed by atoms with Gasteiger partial charge in [0, 0.05) is 31.1 Å². The fourth-order valence-corrected chi connectivity index (χ4v) is 3.97. The lowest BCUT2D eigenvalue weighted by Crippen LogP contribution is -2.34. The van der Waals surface area contributed by atoms with Gasteiger partial charge in [-0.15, -0.1) is 0 Å². The molecule has 0 radical (unpaired) electrons. The van der Waals surface area contributed by atoms with E-state index in [0.717, 1.165) is 43.6 Å². The van der Waals surface area contributed by atoms with Crippen LogP contribution in [0.5, 0.6) is 0 Å². The molecule has 1 aromatic carbocycles. The second-order valence-corrected chi connectivity index (χ2v) is 7.80. The fraction of sp³-hybridized carbons (Fsp3) is 0.600. The van der Waals surface area contributed by atoms with E-state index in [1.807, 2.05) is 43.0 Å². The average Bonchev–Trinajstić information content (AvgIpc) is 3.27. The van der Waals surface area contributed by atoms with Crippen molar-refractivity contribution >= 4 is 17.5 Å². The highest BCUT2D eigenvalue weighted by Crippen LogP contribution is 2.58. The van der Waals surface area contributed by atoms with Crippen LogP contribution in [0.2, 0.25) is 0 Å². The van der Waals surface area contributed by atoms with Gasteiger partial charge in [0.25, 0.3) is 0 Å². The first-order chi connectivity index (χ1) is 11.9. The Hall–Kier alpha value is -1.88. The third kappa shape index (κ3) is 4.03. The van der Waals surface area contributed by atoms with Crippen molar-refractivity contribution < 1.29 is 9.59 Å². The van der Waals surface area contributed by atoms with Gasteiger partial charge in [-0.2, -0.15) is 0 Å². The lowest BCUT2D eigenvalue weighted by Gasteiger charge is -2.25. The average molecular weight is 343 g/mol. The Morgan fingerprint density at radius 1 is 1.24 bits per heavy atom. The van der Waals surface area contributed by atoms with Gasteiger partial charge in [-0.05, 0) is 69.3 Å². The molecule has 5 heteroatoms. The summed E-state index contributed by atoms with van der Waals surface area (Å²) in [6.45, 7) is 8.28. The van der Waals surface area contributed by atoms with Crippen LogP contribution in [0.4, 0.5) is 5.69 Å². The van der Waals surface area contributed by atoms with E-state index in [1.165, 1.54) is 0 Å². The first kappa shape index (κ1) is 17.9. The summed E-state index contributed by atoms with van der Waals surface area (Å²) in [6.07, 6.45) is 3.25. The van der Waals surface area contributed by atoms with E-state index in [9.17, 15) is 9.59 Å². The molecule has 1 aromatic rings. The Kier molecular flexibility index (Phi) is 5.13. The number of amides is 2. The summed E-state index contributed by atoms with van der Waals surface area (Å²) >= 11 is 0. The van der Waals surface area contributed by atoms with Crippen molar-refractivity contribution in [3.05, 3.63) is 29.8 Å². The highest BCUT2D eigenvalue weighted by atomic mass is 16.2. The zero-order chi connectivity index (χ0) is 18.0. The molecule has 1 spiro atoms. The van der Waals surface area contributed by atoms with E-state index in [1.54, 1.807) is 6.92 Å². The molecule has 1 unspecified atom stereocenters. The number of anilines is 1. The van der Waals surface area contributed by atoms with Gasteiger partial charge in [-0.1, -0.05) is 12.1 Å². The molecule has 0 bridgehead atoms. The molecule has 0 aromatic heterocycles. The first-order valence-corrected chi connectivity index (χ1v) is 9.29. The minimum absolute atomic E-state index is 0.0772. The van der Waals surface area contributed by atoms with Crippen LogP contribution >= 0.6 is 0 Å². The largest absolute Gasteiger partial charge is 0.336 e. The van der Waals surface area contributed by atoms with E-state index >= 15 is 0 Å². The zero-order valence-electron chi connectivity index (χ0n) is 15.5. The zero-order valence-corrected chi connectivity index (χ0v) is 15.5. The predicted molar refractivity (Wildman–Crippen MR) is 99.1 cm³/mol. The number of nitrogens with one attached hydrogen (secondary N) is 2. The summed E-state index contributed by atoms with van der Waals surface area (Å²) < 4.78 is 0. The standard InChI is InChI=1S/C20H29N3O2/c1-14(2)23(15(3)24)13-16-4-6-17(7-5-16)22-19(25)18-12-20(18)8-10-21-11-9-20/h4-7,14,18,21H,8-13H2,1-3H3,(H,22,25). The highest BCUT2D eigenvalue weighted by Gasteiger charge is 2.57. The van der Waals surface area contributed by atoms with Gasteiger partial charge >= 0.3 is 0 Å². The van der Waals surface area contributed by atoms with Gasteiger partial charge in [-0.25, -0.2) is 0 Å². The number of hydrogen-bond donors (Lipinski definition) is 2. The first-order valence-electron chi connectivity index (χ1n) is 9.29. The Morgan fingerprint density at radius 3 is 2.44 bits per heavy atom. The van der Waals surface area contributed by atoms with E-state index in [-0.39, 0.29) is 29.2 Å². The number of carbonyl (C=O) groups excluding carboxylic acids is 2.